The molecule has 0 atom stereocenters. The zero-order valence-corrected chi connectivity index (χ0v) is 10.9. The predicted molar refractivity (Wildman–Crippen MR) is 73.0 cm³/mol. The zero-order valence-electron chi connectivity index (χ0n) is 10.9. The molecular formula is C12H18N6O. The molecule has 1 saturated carbocycles. The Balaban J connectivity index is 2.02. The van der Waals surface area contributed by atoms with Crippen molar-refractivity contribution in [1.82, 2.24) is 14.4 Å². The van der Waals surface area contributed by atoms with Crippen LogP contribution in [0.5, 0.6) is 0 Å². The van der Waals surface area contributed by atoms with Gasteiger partial charge in [-0.2, -0.15) is 0 Å². The molecule has 19 heavy (non-hydrogen) atoms. The van der Waals surface area contributed by atoms with Crippen LogP contribution in [0, 0.1) is 0 Å². The van der Waals surface area contributed by atoms with Crippen molar-refractivity contribution in [2.24, 2.45) is 5.84 Å². The highest BCUT2D eigenvalue weighted by molar-refractivity contribution is 5.67. The van der Waals surface area contributed by atoms with Crippen LogP contribution in [-0.2, 0) is 4.74 Å². The fraction of sp³-hybridized carbons (Fsp3) is 0.500. The summed E-state index contributed by atoms with van der Waals surface area (Å²) in [6, 6.07) is 0.538. The number of hydrogen-bond acceptors (Lipinski definition) is 6. The molecule has 1 aliphatic carbocycles. The molecule has 1 fully saturated rings. The van der Waals surface area contributed by atoms with Gasteiger partial charge in [0.05, 0.1) is 12.8 Å². The van der Waals surface area contributed by atoms with Gasteiger partial charge in [-0.25, -0.2) is 15.8 Å². The van der Waals surface area contributed by atoms with E-state index in [9.17, 15) is 0 Å². The third kappa shape index (κ3) is 2.34. The van der Waals surface area contributed by atoms with E-state index in [1.54, 1.807) is 13.3 Å². The lowest BCUT2D eigenvalue weighted by Crippen LogP contribution is -2.31. The summed E-state index contributed by atoms with van der Waals surface area (Å²) < 4.78 is 7.12. The number of nitrogens with two attached hydrogens (primary N) is 1. The highest BCUT2D eigenvalue weighted by atomic mass is 16.5. The summed E-state index contributed by atoms with van der Waals surface area (Å²) in [5, 5.41) is 0. The Hall–Kier alpha value is -1.86. The van der Waals surface area contributed by atoms with Crippen LogP contribution in [0.25, 0.3) is 5.65 Å². The zero-order chi connectivity index (χ0) is 13.2. The first-order chi connectivity index (χ1) is 9.33. The van der Waals surface area contributed by atoms with E-state index >= 15 is 0 Å². The molecule has 0 amide bonds. The van der Waals surface area contributed by atoms with Crippen molar-refractivity contribution in [2.45, 2.75) is 18.9 Å². The molecule has 2 heterocycles. The Morgan fingerprint density at radius 2 is 2.42 bits per heavy atom. The smallest absolute Gasteiger partial charge is 0.180 e. The van der Waals surface area contributed by atoms with Crippen molar-refractivity contribution < 1.29 is 4.74 Å². The first-order valence-corrected chi connectivity index (χ1v) is 6.39. The Morgan fingerprint density at radius 1 is 1.58 bits per heavy atom. The molecule has 0 unspecified atom stereocenters. The number of hydrazine groups is 1. The molecule has 0 aromatic carbocycles. The number of imidazole rings is 1. The highest BCUT2D eigenvalue weighted by Crippen LogP contribution is 2.32. The van der Waals surface area contributed by atoms with Crippen molar-refractivity contribution in [3.05, 3.63) is 18.6 Å². The summed E-state index contributed by atoms with van der Waals surface area (Å²) in [6.07, 6.45) is 7.87. The van der Waals surface area contributed by atoms with Gasteiger partial charge in [0, 0.05) is 32.1 Å². The number of fused-ring (bicyclic) bond motifs is 1. The minimum atomic E-state index is 0.538. The quantitative estimate of drug-likeness (QED) is 0.587. The van der Waals surface area contributed by atoms with Gasteiger partial charge in [0.25, 0.3) is 0 Å². The van der Waals surface area contributed by atoms with Crippen molar-refractivity contribution in [2.75, 3.05) is 30.6 Å². The third-order valence-electron chi connectivity index (χ3n) is 3.30. The van der Waals surface area contributed by atoms with Crippen molar-refractivity contribution in [1.29, 1.82) is 0 Å². The fourth-order valence-corrected chi connectivity index (χ4v) is 2.21. The van der Waals surface area contributed by atoms with Gasteiger partial charge in [-0.15, -0.1) is 0 Å². The van der Waals surface area contributed by atoms with Crippen LogP contribution < -0.4 is 16.2 Å². The second kappa shape index (κ2) is 5.02. The second-order valence-electron chi connectivity index (χ2n) is 4.67. The van der Waals surface area contributed by atoms with E-state index in [4.69, 9.17) is 10.6 Å². The van der Waals surface area contributed by atoms with Gasteiger partial charge in [-0.05, 0) is 12.8 Å². The van der Waals surface area contributed by atoms with Crippen LogP contribution in [0.3, 0.4) is 0 Å². The van der Waals surface area contributed by atoms with E-state index in [0.29, 0.717) is 18.5 Å². The number of hydrogen-bond donors (Lipinski definition) is 2. The van der Waals surface area contributed by atoms with Crippen molar-refractivity contribution in [3.8, 4) is 0 Å². The molecule has 7 heteroatoms. The Labute approximate surface area is 111 Å². The van der Waals surface area contributed by atoms with Crippen molar-refractivity contribution >= 4 is 17.3 Å². The fourth-order valence-electron chi connectivity index (χ4n) is 2.21. The van der Waals surface area contributed by atoms with E-state index in [-0.39, 0.29) is 0 Å². The molecule has 0 spiro atoms. The Bertz CT molecular complexity index is 564. The van der Waals surface area contributed by atoms with Crippen LogP contribution in [0.15, 0.2) is 18.6 Å². The number of ether oxygens (including phenoxy) is 1. The number of methoxy groups -OCH3 is 1. The third-order valence-corrected chi connectivity index (χ3v) is 3.30. The highest BCUT2D eigenvalue weighted by Gasteiger charge is 2.31. The molecule has 102 valence electrons. The van der Waals surface area contributed by atoms with E-state index in [1.807, 2.05) is 16.8 Å². The van der Waals surface area contributed by atoms with Gasteiger partial charge in [-0.3, -0.25) is 0 Å². The Kier molecular flexibility index (Phi) is 3.22. The number of nitrogens with zero attached hydrogens (tertiary/aromatic N) is 4. The average Bonchev–Trinajstić information content (AvgIpc) is 3.16. The van der Waals surface area contributed by atoms with Crippen LogP contribution >= 0.6 is 0 Å². The van der Waals surface area contributed by atoms with Crippen LogP contribution in [0.1, 0.15) is 12.8 Å². The first kappa shape index (κ1) is 12.2. The molecule has 3 rings (SSSR count). The van der Waals surface area contributed by atoms with E-state index in [1.165, 1.54) is 12.8 Å². The summed E-state index contributed by atoms with van der Waals surface area (Å²) in [4.78, 5) is 11.2. The van der Waals surface area contributed by atoms with Gasteiger partial charge in [-0.1, -0.05) is 0 Å². The molecule has 0 saturated heterocycles. The number of nitrogen functional groups attached to an aromatic ring is 1. The molecule has 7 nitrogen and oxygen atoms in total. The lowest BCUT2D eigenvalue weighted by atomic mass is 10.4. The van der Waals surface area contributed by atoms with E-state index in [2.05, 4.69) is 20.3 Å². The maximum absolute atomic E-state index is 5.48. The topological polar surface area (TPSA) is 80.7 Å². The maximum atomic E-state index is 5.48. The van der Waals surface area contributed by atoms with Gasteiger partial charge in [0.2, 0.25) is 0 Å². The minimum absolute atomic E-state index is 0.538. The molecule has 1 aliphatic rings. The monoisotopic (exact) mass is 262 g/mol. The summed E-state index contributed by atoms with van der Waals surface area (Å²) in [5.74, 6) is 6.97. The Morgan fingerprint density at radius 3 is 3.11 bits per heavy atom. The lowest BCUT2D eigenvalue weighted by Gasteiger charge is -2.23. The van der Waals surface area contributed by atoms with Crippen LogP contribution in [0.2, 0.25) is 0 Å². The number of nitrogens with one attached hydrogen (secondary N) is 1. The summed E-state index contributed by atoms with van der Waals surface area (Å²) in [5.41, 5.74) is 3.45. The van der Waals surface area contributed by atoms with Gasteiger partial charge in [0.1, 0.15) is 0 Å². The molecule has 2 aromatic heterocycles. The molecule has 2 aromatic rings. The first-order valence-electron chi connectivity index (χ1n) is 6.39. The average molecular weight is 262 g/mol. The minimum Gasteiger partial charge on any atom is -0.383 e. The molecular weight excluding hydrogens is 244 g/mol. The standard InChI is InChI=1S/C12H18N6O/c1-19-7-6-18(9-2-3-9)12-11-14-4-5-17(11)8-10(15-12)16-13/h4-5,8-9,16H,2-3,6-7,13H2,1H3. The van der Waals surface area contributed by atoms with E-state index < -0.39 is 0 Å². The summed E-state index contributed by atoms with van der Waals surface area (Å²) in [7, 11) is 1.71. The van der Waals surface area contributed by atoms with Crippen LogP contribution in [0.4, 0.5) is 11.6 Å². The largest absolute Gasteiger partial charge is 0.383 e. The molecule has 0 aliphatic heterocycles. The number of aromatic nitrogens is 3. The second-order valence-corrected chi connectivity index (χ2v) is 4.67. The van der Waals surface area contributed by atoms with Gasteiger partial charge < -0.3 is 19.5 Å². The predicted octanol–water partition coefficient (Wildman–Crippen LogP) is 0.630. The molecule has 3 N–H and O–H groups in total. The van der Waals surface area contributed by atoms with Gasteiger partial charge in [0.15, 0.2) is 17.3 Å². The lowest BCUT2D eigenvalue weighted by molar-refractivity contribution is 0.205. The number of anilines is 2. The number of rotatable bonds is 6. The van der Waals surface area contributed by atoms with Crippen LogP contribution in [-0.4, -0.2) is 40.7 Å². The molecule has 0 bridgehead atoms. The SMILES string of the molecule is COCCN(c1nc(NN)cn2ccnc12)C1CC1. The maximum Gasteiger partial charge on any atom is 0.180 e. The normalized spacial score (nSPS) is 14.8. The molecule has 0 radical (unpaired) electrons. The van der Waals surface area contributed by atoms with Crippen molar-refractivity contribution in [3.63, 3.8) is 0 Å². The van der Waals surface area contributed by atoms with E-state index in [0.717, 1.165) is 18.0 Å². The summed E-state index contributed by atoms with van der Waals surface area (Å²) in [6.45, 7) is 1.48. The van der Waals surface area contributed by atoms with Gasteiger partial charge >= 0.3 is 0 Å². The summed E-state index contributed by atoms with van der Waals surface area (Å²) >= 11 is 0.